The minimum absolute atomic E-state index is 0.186. The van der Waals surface area contributed by atoms with E-state index in [4.69, 9.17) is 4.74 Å². The molecule has 0 aliphatic carbocycles. The Morgan fingerprint density at radius 2 is 1.92 bits per heavy atom. The number of piperidine rings is 1. The predicted molar refractivity (Wildman–Crippen MR) is 136 cm³/mol. The average Bonchev–Trinajstić information content (AvgIpc) is 3.20. The molecule has 0 atom stereocenters. The van der Waals surface area contributed by atoms with Gasteiger partial charge < -0.3 is 24.8 Å². The van der Waals surface area contributed by atoms with Crippen LogP contribution in [0.3, 0.4) is 0 Å². The van der Waals surface area contributed by atoms with E-state index in [2.05, 4.69) is 34.4 Å². The first-order valence-corrected chi connectivity index (χ1v) is 11.8. The third-order valence-electron chi connectivity index (χ3n) is 6.31. The van der Waals surface area contributed by atoms with Gasteiger partial charge in [-0.3, -0.25) is 4.79 Å². The summed E-state index contributed by atoms with van der Waals surface area (Å²) in [5, 5.41) is 7.36. The molecule has 3 aromatic rings. The highest BCUT2D eigenvalue weighted by Gasteiger charge is 2.30. The van der Waals surface area contributed by atoms with Crippen molar-refractivity contribution in [3.05, 3.63) is 53.7 Å². The highest BCUT2D eigenvalue weighted by Crippen LogP contribution is 2.31. The van der Waals surface area contributed by atoms with Crippen molar-refractivity contribution < 1.29 is 22.7 Å². The Balaban J connectivity index is 1.59. The summed E-state index contributed by atoms with van der Waals surface area (Å²) in [6.45, 7) is 1.03. The maximum Gasteiger partial charge on any atom is 0.406 e. The van der Waals surface area contributed by atoms with E-state index in [9.17, 15) is 18.0 Å². The molecule has 6 nitrogen and oxygen atoms in total. The Kier molecular flexibility index (Phi) is 7.75. The first-order chi connectivity index (χ1) is 17.3. The van der Waals surface area contributed by atoms with Gasteiger partial charge in [-0.2, -0.15) is 13.2 Å². The number of likely N-dealkylation sites (tertiary alicyclic amines) is 1. The fraction of sp³-hybridized carbons (Fsp3) is 0.370. The van der Waals surface area contributed by atoms with Crippen LogP contribution in [0.4, 0.5) is 24.5 Å². The SMILES string of the molecule is COc1cc(C=O)ccc1NCC#Cc1cc2c(NC3CCN(C)CC3)cccc2n1CC(F)(F)F. The van der Waals surface area contributed by atoms with E-state index in [0.29, 0.717) is 28.2 Å². The molecule has 0 amide bonds. The zero-order valence-electron chi connectivity index (χ0n) is 20.3. The predicted octanol–water partition coefficient (Wildman–Crippen LogP) is 4.99. The minimum atomic E-state index is -4.38. The van der Waals surface area contributed by atoms with E-state index < -0.39 is 12.7 Å². The lowest BCUT2D eigenvalue weighted by Gasteiger charge is -2.30. The second-order valence-corrected chi connectivity index (χ2v) is 8.92. The smallest absolute Gasteiger partial charge is 0.406 e. The van der Waals surface area contributed by atoms with E-state index in [1.807, 2.05) is 6.07 Å². The Morgan fingerprint density at radius 3 is 2.61 bits per heavy atom. The van der Waals surface area contributed by atoms with Gasteiger partial charge in [-0.25, -0.2) is 0 Å². The third kappa shape index (κ3) is 6.13. The largest absolute Gasteiger partial charge is 0.495 e. The van der Waals surface area contributed by atoms with Crippen molar-refractivity contribution >= 4 is 28.6 Å². The molecule has 1 aromatic heterocycles. The van der Waals surface area contributed by atoms with Gasteiger partial charge in [-0.05, 0) is 75.3 Å². The van der Waals surface area contributed by atoms with Crippen LogP contribution in [0.15, 0.2) is 42.5 Å². The number of alkyl halides is 3. The van der Waals surface area contributed by atoms with E-state index in [0.717, 1.165) is 43.3 Å². The number of halogens is 3. The van der Waals surface area contributed by atoms with Gasteiger partial charge in [-0.15, -0.1) is 0 Å². The number of anilines is 2. The Bertz CT molecular complexity index is 1280. The fourth-order valence-electron chi connectivity index (χ4n) is 4.44. The second kappa shape index (κ2) is 11.0. The van der Waals surface area contributed by atoms with Crippen molar-refractivity contribution in [2.24, 2.45) is 0 Å². The highest BCUT2D eigenvalue weighted by atomic mass is 19.4. The third-order valence-corrected chi connectivity index (χ3v) is 6.31. The van der Waals surface area contributed by atoms with Gasteiger partial charge in [0.25, 0.3) is 0 Å². The van der Waals surface area contributed by atoms with Crippen molar-refractivity contribution in [3.63, 3.8) is 0 Å². The Labute approximate surface area is 208 Å². The van der Waals surface area contributed by atoms with Crippen LogP contribution < -0.4 is 15.4 Å². The normalized spacial score (nSPS) is 14.8. The number of ether oxygens (including phenoxy) is 1. The van der Waals surface area contributed by atoms with Gasteiger partial charge in [0, 0.05) is 22.7 Å². The number of aldehydes is 1. The average molecular weight is 499 g/mol. The number of hydrogen-bond donors (Lipinski definition) is 2. The molecule has 0 spiro atoms. The first kappa shape index (κ1) is 25.5. The molecular weight excluding hydrogens is 469 g/mol. The zero-order chi connectivity index (χ0) is 25.7. The molecule has 1 aliphatic rings. The molecule has 2 N–H and O–H groups in total. The molecular formula is C27H29F3N4O2. The minimum Gasteiger partial charge on any atom is -0.495 e. The Morgan fingerprint density at radius 1 is 1.14 bits per heavy atom. The monoisotopic (exact) mass is 498 g/mol. The summed E-state index contributed by atoms with van der Waals surface area (Å²) in [4.78, 5) is 13.2. The van der Waals surface area contributed by atoms with Gasteiger partial charge >= 0.3 is 6.18 Å². The molecule has 190 valence electrons. The lowest BCUT2D eigenvalue weighted by atomic mass is 10.0. The molecule has 2 heterocycles. The molecule has 4 rings (SSSR count). The standard InChI is InChI=1S/C27H29F3N4O2/c1-33-13-10-20(11-14-33)32-23-6-3-7-25-22(23)16-21(34(25)18-27(28,29)30)5-4-12-31-24-9-8-19(17-35)15-26(24)36-2/h3,6-9,15-17,20,31-32H,10-14,18H2,1-2H3. The van der Waals surface area contributed by atoms with Crippen LogP contribution in [0.25, 0.3) is 10.9 Å². The number of nitrogens with one attached hydrogen (secondary N) is 2. The number of aromatic nitrogens is 1. The molecule has 0 radical (unpaired) electrons. The number of carbonyl (C=O) groups excluding carboxylic acids is 1. The van der Waals surface area contributed by atoms with Crippen molar-refractivity contribution in [2.45, 2.75) is 31.6 Å². The summed E-state index contributed by atoms with van der Waals surface area (Å²) >= 11 is 0. The van der Waals surface area contributed by atoms with Gasteiger partial charge in [0.1, 0.15) is 18.6 Å². The Hall–Kier alpha value is -3.64. The number of benzene rings is 2. The quantitative estimate of drug-likeness (QED) is 0.355. The van der Waals surface area contributed by atoms with Gasteiger partial charge in [0.05, 0.1) is 30.6 Å². The number of rotatable bonds is 7. The molecule has 2 aromatic carbocycles. The van der Waals surface area contributed by atoms with E-state index in [1.54, 1.807) is 36.4 Å². The van der Waals surface area contributed by atoms with Crippen LogP contribution in [-0.4, -0.2) is 61.8 Å². The molecule has 1 aliphatic heterocycles. The summed E-state index contributed by atoms with van der Waals surface area (Å²) < 4.78 is 46.9. The molecule has 0 unspecified atom stereocenters. The topological polar surface area (TPSA) is 58.5 Å². The number of carbonyl (C=O) groups is 1. The summed E-state index contributed by atoms with van der Waals surface area (Å²) in [6, 6.07) is 12.3. The molecule has 9 heteroatoms. The van der Waals surface area contributed by atoms with Crippen molar-refractivity contribution in [1.82, 2.24) is 9.47 Å². The van der Waals surface area contributed by atoms with E-state index >= 15 is 0 Å². The summed E-state index contributed by atoms with van der Waals surface area (Å²) in [5.74, 6) is 6.32. The second-order valence-electron chi connectivity index (χ2n) is 8.92. The molecule has 1 fully saturated rings. The van der Waals surface area contributed by atoms with Crippen LogP contribution in [0.2, 0.25) is 0 Å². The van der Waals surface area contributed by atoms with Crippen molar-refractivity contribution in [2.75, 3.05) is 44.4 Å². The van der Waals surface area contributed by atoms with Crippen LogP contribution in [-0.2, 0) is 6.54 Å². The molecule has 0 saturated carbocycles. The lowest BCUT2D eigenvalue weighted by Crippen LogP contribution is -2.36. The number of nitrogens with zero attached hydrogens (tertiary/aromatic N) is 2. The van der Waals surface area contributed by atoms with Crippen LogP contribution in [0.5, 0.6) is 5.75 Å². The molecule has 1 saturated heterocycles. The molecule has 36 heavy (non-hydrogen) atoms. The van der Waals surface area contributed by atoms with Crippen molar-refractivity contribution in [3.8, 4) is 17.6 Å². The summed E-state index contributed by atoms with van der Waals surface area (Å²) in [7, 11) is 3.58. The summed E-state index contributed by atoms with van der Waals surface area (Å²) in [6.07, 6.45) is -1.70. The zero-order valence-corrected chi connectivity index (χ0v) is 20.3. The van der Waals surface area contributed by atoms with E-state index in [-0.39, 0.29) is 12.6 Å². The van der Waals surface area contributed by atoms with Crippen LogP contribution >= 0.6 is 0 Å². The van der Waals surface area contributed by atoms with Gasteiger partial charge in [-0.1, -0.05) is 12.0 Å². The number of methoxy groups -OCH3 is 1. The summed E-state index contributed by atoms with van der Waals surface area (Å²) in [5.41, 5.74) is 2.73. The van der Waals surface area contributed by atoms with Crippen LogP contribution in [0.1, 0.15) is 28.9 Å². The highest BCUT2D eigenvalue weighted by molar-refractivity contribution is 5.94. The lowest BCUT2D eigenvalue weighted by molar-refractivity contribution is -0.140. The molecule has 0 bridgehead atoms. The number of hydrogen-bond acceptors (Lipinski definition) is 5. The van der Waals surface area contributed by atoms with Gasteiger partial charge in [0.15, 0.2) is 0 Å². The first-order valence-electron chi connectivity index (χ1n) is 11.8. The van der Waals surface area contributed by atoms with E-state index in [1.165, 1.54) is 11.7 Å². The fourth-order valence-corrected chi connectivity index (χ4v) is 4.44. The number of fused-ring (bicyclic) bond motifs is 1. The van der Waals surface area contributed by atoms with Crippen LogP contribution in [0, 0.1) is 11.8 Å². The maximum atomic E-state index is 13.5. The van der Waals surface area contributed by atoms with Gasteiger partial charge in [0.2, 0.25) is 0 Å². The maximum absolute atomic E-state index is 13.5. The van der Waals surface area contributed by atoms with Crippen molar-refractivity contribution in [1.29, 1.82) is 0 Å².